The van der Waals surface area contributed by atoms with Crippen LogP contribution in [0.2, 0.25) is 0 Å². The van der Waals surface area contributed by atoms with Gasteiger partial charge in [0.2, 0.25) is 5.79 Å². The van der Waals surface area contributed by atoms with E-state index in [-0.39, 0.29) is 11.5 Å². The monoisotopic (exact) mass is 253 g/mol. The number of fused-ring (bicyclic) bond motifs is 1. The van der Waals surface area contributed by atoms with Crippen molar-refractivity contribution in [3.8, 4) is 0 Å². The lowest BCUT2D eigenvalue weighted by molar-refractivity contribution is -0.141. The van der Waals surface area contributed by atoms with Crippen LogP contribution in [0.5, 0.6) is 0 Å². The van der Waals surface area contributed by atoms with Crippen molar-refractivity contribution < 1.29 is 19.2 Å². The SMILES string of the molecule is CC(=O)On1cnc2c1NC(N)(C(C)=O)NC2=O. The van der Waals surface area contributed by atoms with Gasteiger partial charge in [0.05, 0.1) is 0 Å². The van der Waals surface area contributed by atoms with Crippen molar-refractivity contribution in [2.45, 2.75) is 19.6 Å². The lowest BCUT2D eigenvalue weighted by Crippen LogP contribution is -2.68. The number of nitrogens with one attached hydrogen (secondary N) is 2. The van der Waals surface area contributed by atoms with E-state index in [1.165, 1.54) is 13.8 Å². The topological polar surface area (TPSA) is 128 Å². The second kappa shape index (κ2) is 3.81. The van der Waals surface area contributed by atoms with E-state index in [2.05, 4.69) is 15.6 Å². The average Bonchev–Trinajstić information content (AvgIpc) is 2.60. The van der Waals surface area contributed by atoms with E-state index in [9.17, 15) is 14.4 Å². The predicted molar refractivity (Wildman–Crippen MR) is 58.2 cm³/mol. The molecule has 9 heteroatoms. The molecule has 96 valence electrons. The minimum absolute atomic E-state index is 0.0152. The first kappa shape index (κ1) is 12.0. The van der Waals surface area contributed by atoms with Gasteiger partial charge in [-0.25, -0.2) is 9.78 Å². The summed E-state index contributed by atoms with van der Waals surface area (Å²) in [5, 5.41) is 4.85. The highest BCUT2D eigenvalue weighted by Gasteiger charge is 2.41. The highest BCUT2D eigenvalue weighted by molar-refractivity contribution is 6.05. The Kier molecular flexibility index (Phi) is 2.55. The van der Waals surface area contributed by atoms with E-state index in [4.69, 9.17) is 10.6 Å². The molecule has 1 aromatic rings. The first-order valence-corrected chi connectivity index (χ1v) is 5.00. The summed E-state index contributed by atoms with van der Waals surface area (Å²) in [7, 11) is 0. The third kappa shape index (κ3) is 1.80. The fourth-order valence-corrected chi connectivity index (χ4v) is 1.45. The molecule has 0 aliphatic carbocycles. The molecule has 1 amide bonds. The third-order valence-electron chi connectivity index (χ3n) is 2.36. The second-order valence-electron chi connectivity index (χ2n) is 3.79. The summed E-state index contributed by atoms with van der Waals surface area (Å²) in [6.07, 6.45) is 1.13. The number of nitrogens with two attached hydrogens (primary N) is 1. The van der Waals surface area contributed by atoms with Gasteiger partial charge in [-0.05, 0) is 0 Å². The van der Waals surface area contributed by atoms with Crippen molar-refractivity contribution in [1.29, 1.82) is 0 Å². The van der Waals surface area contributed by atoms with Crippen molar-refractivity contribution in [2.75, 3.05) is 5.32 Å². The molecule has 1 unspecified atom stereocenters. The minimum atomic E-state index is -1.75. The number of hydrogen-bond donors (Lipinski definition) is 3. The maximum absolute atomic E-state index is 11.7. The van der Waals surface area contributed by atoms with Gasteiger partial charge in [0, 0.05) is 13.8 Å². The van der Waals surface area contributed by atoms with Crippen LogP contribution in [-0.4, -0.2) is 33.2 Å². The van der Waals surface area contributed by atoms with Gasteiger partial charge in [0.15, 0.2) is 17.3 Å². The van der Waals surface area contributed by atoms with Gasteiger partial charge >= 0.3 is 5.97 Å². The van der Waals surface area contributed by atoms with Crippen molar-refractivity contribution in [3.05, 3.63) is 12.0 Å². The third-order valence-corrected chi connectivity index (χ3v) is 2.36. The predicted octanol–water partition coefficient (Wildman–Crippen LogP) is -1.78. The highest BCUT2D eigenvalue weighted by atomic mass is 16.7. The molecular formula is C9H11N5O4. The number of amides is 1. The molecule has 9 nitrogen and oxygen atoms in total. The maximum atomic E-state index is 11.7. The van der Waals surface area contributed by atoms with Crippen LogP contribution in [-0.2, 0) is 9.59 Å². The first-order chi connectivity index (χ1) is 8.33. The molecule has 1 aromatic heterocycles. The van der Waals surface area contributed by atoms with Gasteiger partial charge in [0.25, 0.3) is 5.91 Å². The molecule has 0 saturated heterocycles. The molecule has 4 N–H and O–H groups in total. The van der Waals surface area contributed by atoms with E-state index >= 15 is 0 Å². The molecule has 0 radical (unpaired) electrons. The molecular weight excluding hydrogens is 242 g/mol. The van der Waals surface area contributed by atoms with Crippen LogP contribution in [0.3, 0.4) is 0 Å². The summed E-state index contributed by atoms with van der Waals surface area (Å²) in [6, 6.07) is 0. The summed E-state index contributed by atoms with van der Waals surface area (Å²) >= 11 is 0. The van der Waals surface area contributed by atoms with E-state index in [0.717, 1.165) is 11.1 Å². The zero-order chi connectivity index (χ0) is 13.5. The molecule has 18 heavy (non-hydrogen) atoms. The summed E-state index contributed by atoms with van der Waals surface area (Å²) in [4.78, 5) is 42.5. The number of aromatic nitrogens is 2. The van der Waals surface area contributed by atoms with Crippen LogP contribution in [0.15, 0.2) is 6.33 Å². The summed E-state index contributed by atoms with van der Waals surface area (Å²) < 4.78 is 0.945. The molecule has 1 atom stereocenters. The minimum Gasteiger partial charge on any atom is -0.334 e. The summed E-state index contributed by atoms with van der Waals surface area (Å²) in [5.41, 5.74) is 5.68. The number of nitrogens with zero attached hydrogens (tertiary/aromatic N) is 2. The van der Waals surface area contributed by atoms with Gasteiger partial charge in [-0.1, -0.05) is 0 Å². The Morgan fingerprint density at radius 2 is 2.11 bits per heavy atom. The second-order valence-corrected chi connectivity index (χ2v) is 3.79. The van der Waals surface area contributed by atoms with Gasteiger partial charge in [0.1, 0.15) is 6.33 Å². The average molecular weight is 253 g/mol. The summed E-state index contributed by atoms with van der Waals surface area (Å²) in [6.45, 7) is 2.40. The molecule has 0 aromatic carbocycles. The zero-order valence-corrected chi connectivity index (χ0v) is 9.68. The highest BCUT2D eigenvalue weighted by Crippen LogP contribution is 2.21. The fraction of sp³-hybridized carbons (Fsp3) is 0.333. The quantitative estimate of drug-likeness (QED) is 0.568. The Bertz CT molecular complexity index is 551. The number of Topliss-reactive ketones (excluding diaryl/α,β-unsaturated/α-hetero) is 1. The van der Waals surface area contributed by atoms with Crippen LogP contribution < -0.4 is 21.2 Å². The van der Waals surface area contributed by atoms with E-state index in [1.54, 1.807) is 0 Å². The molecule has 2 heterocycles. The molecule has 2 rings (SSSR count). The number of rotatable bonds is 2. The zero-order valence-electron chi connectivity index (χ0n) is 9.68. The van der Waals surface area contributed by atoms with Gasteiger partial charge in [-0.2, -0.15) is 0 Å². The smallest absolute Gasteiger partial charge is 0.330 e. The van der Waals surface area contributed by atoms with Crippen LogP contribution in [0.4, 0.5) is 5.82 Å². The molecule has 0 fully saturated rings. The maximum Gasteiger partial charge on any atom is 0.330 e. The van der Waals surface area contributed by atoms with Crippen LogP contribution in [0.25, 0.3) is 0 Å². The largest absolute Gasteiger partial charge is 0.334 e. The fourth-order valence-electron chi connectivity index (χ4n) is 1.45. The Hall–Kier alpha value is -2.42. The molecule has 0 bridgehead atoms. The Morgan fingerprint density at radius 3 is 2.67 bits per heavy atom. The number of carbonyl (C=O) groups is 3. The van der Waals surface area contributed by atoms with Crippen LogP contribution in [0.1, 0.15) is 24.3 Å². The van der Waals surface area contributed by atoms with E-state index in [0.29, 0.717) is 0 Å². The van der Waals surface area contributed by atoms with E-state index < -0.39 is 23.4 Å². The number of carbonyl (C=O) groups excluding carboxylic acids is 3. The Morgan fingerprint density at radius 1 is 1.44 bits per heavy atom. The van der Waals surface area contributed by atoms with Crippen LogP contribution >= 0.6 is 0 Å². The Labute approximate surface area is 101 Å². The van der Waals surface area contributed by atoms with Gasteiger partial charge in [-0.3, -0.25) is 15.3 Å². The first-order valence-electron chi connectivity index (χ1n) is 5.00. The van der Waals surface area contributed by atoms with E-state index in [1.807, 2.05) is 0 Å². The summed E-state index contributed by atoms with van der Waals surface area (Å²) in [5.74, 6) is -3.44. The normalized spacial score (nSPS) is 21.6. The lowest BCUT2D eigenvalue weighted by atomic mass is 10.2. The molecule has 1 aliphatic rings. The number of hydrogen-bond acceptors (Lipinski definition) is 7. The number of ketones is 1. The van der Waals surface area contributed by atoms with Crippen molar-refractivity contribution in [1.82, 2.24) is 15.0 Å². The van der Waals surface area contributed by atoms with Crippen LogP contribution in [0, 0.1) is 0 Å². The van der Waals surface area contributed by atoms with Crippen molar-refractivity contribution >= 4 is 23.5 Å². The lowest BCUT2D eigenvalue weighted by Gasteiger charge is -2.33. The Balaban J connectivity index is 2.44. The van der Waals surface area contributed by atoms with Gasteiger partial charge < -0.3 is 15.5 Å². The molecule has 0 saturated carbocycles. The molecule has 0 spiro atoms. The number of anilines is 1. The standard InChI is InChI=1S/C9H11N5O4/c1-4(15)9(10)12-7-6(8(17)13-9)11-3-14(7)18-5(2)16/h3,12H,10H2,1-2H3,(H,13,17). The van der Waals surface area contributed by atoms with Gasteiger partial charge in [-0.15, -0.1) is 4.73 Å². The van der Waals surface area contributed by atoms with Crippen molar-refractivity contribution in [3.63, 3.8) is 0 Å². The molecule has 1 aliphatic heterocycles. The van der Waals surface area contributed by atoms with Crippen molar-refractivity contribution in [2.24, 2.45) is 5.73 Å². The number of imidazole rings is 1.